The number of aromatic nitrogens is 2. The number of halogens is 2. The normalized spacial score (nSPS) is 10.5. The van der Waals surface area contributed by atoms with Gasteiger partial charge in [-0.05, 0) is 18.2 Å². The molecule has 1 N–H and O–H groups in total. The molecule has 0 saturated heterocycles. The van der Waals surface area contributed by atoms with Crippen LogP contribution in [0.1, 0.15) is 15.9 Å². The van der Waals surface area contributed by atoms with Crippen molar-refractivity contribution in [2.45, 2.75) is 0 Å². The maximum atomic E-state index is 12.1. The fraction of sp³-hybridized carbons (Fsp3) is 0.0909. The van der Waals surface area contributed by atoms with Crippen LogP contribution in [-0.4, -0.2) is 15.6 Å². The van der Waals surface area contributed by atoms with Crippen LogP contribution in [0.2, 0.25) is 10.0 Å². The van der Waals surface area contributed by atoms with Crippen molar-refractivity contribution in [2.24, 2.45) is 7.05 Å². The van der Waals surface area contributed by atoms with Gasteiger partial charge in [0, 0.05) is 23.8 Å². The molecule has 0 bridgehead atoms. The predicted molar refractivity (Wildman–Crippen MR) is 65.9 cm³/mol. The molecule has 17 heavy (non-hydrogen) atoms. The van der Waals surface area contributed by atoms with Crippen molar-refractivity contribution in [3.05, 3.63) is 55.9 Å². The van der Waals surface area contributed by atoms with Gasteiger partial charge in [0.1, 0.15) is 5.56 Å². The van der Waals surface area contributed by atoms with Gasteiger partial charge in [-0.25, -0.2) is 0 Å². The Morgan fingerprint density at radius 2 is 2.00 bits per heavy atom. The SMILES string of the molecule is Cn1[nH]cc(C(=O)c2ccc(Cl)cc2Cl)c1=O. The summed E-state index contributed by atoms with van der Waals surface area (Å²) in [6, 6.07) is 4.52. The molecule has 88 valence electrons. The van der Waals surface area contributed by atoms with E-state index >= 15 is 0 Å². The molecule has 2 aromatic rings. The van der Waals surface area contributed by atoms with Crippen molar-refractivity contribution in [3.8, 4) is 0 Å². The highest BCUT2D eigenvalue weighted by Gasteiger charge is 2.17. The molecule has 0 unspecified atom stereocenters. The van der Waals surface area contributed by atoms with Gasteiger partial charge in [0.2, 0.25) is 5.78 Å². The van der Waals surface area contributed by atoms with Crippen molar-refractivity contribution in [3.63, 3.8) is 0 Å². The molecule has 0 aliphatic rings. The average molecular weight is 271 g/mol. The second-order valence-corrected chi connectivity index (χ2v) is 4.35. The Bertz CT molecular complexity index is 643. The van der Waals surface area contributed by atoms with E-state index in [-0.39, 0.29) is 21.7 Å². The van der Waals surface area contributed by atoms with Gasteiger partial charge >= 0.3 is 0 Å². The summed E-state index contributed by atoms with van der Waals surface area (Å²) in [5, 5.41) is 3.30. The minimum atomic E-state index is -0.423. The second kappa shape index (κ2) is 4.39. The number of H-pyrrole nitrogens is 1. The number of nitrogens with one attached hydrogen (secondary N) is 1. The number of hydrogen-bond acceptors (Lipinski definition) is 2. The van der Waals surface area contributed by atoms with Gasteiger partial charge in [-0.3, -0.25) is 14.3 Å². The van der Waals surface area contributed by atoms with Crippen LogP contribution in [0.3, 0.4) is 0 Å². The Balaban J connectivity index is 2.51. The number of hydrogen-bond donors (Lipinski definition) is 1. The third-order valence-corrected chi connectivity index (χ3v) is 2.91. The zero-order valence-electron chi connectivity index (χ0n) is 8.83. The summed E-state index contributed by atoms with van der Waals surface area (Å²) in [5.74, 6) is -0.423. The van der Waals surface area contributed by atoms with Crippen LogP contribution in [0.15, 0.2) is 29.2 Å². The Morgan fingerprint density at radius 3 is 2.53 bits per heavy atom. The molecule has 1 heterocycles. The third-order valence-electron chi connectivity index (χ3n) is 2.36. The zero-order valence-corrected chi connectivity index (χ0v) is 10.3. The molecule has 0 fully saturated rings. The lowest BCUT2D eigenvalue weighted by atomic mass is 10.1. The van der Waals surface area contributed by atoms with E-state index < -0.39 is 5.78 Å². The van der Waals surface area contributed by atoms with Crippen LogP contribution in [0.25, 0.3) is 0 Å². The van der Waals surface area contributed by atoms with Gasteiger partial charge < -0.3 is 5.10 Å². The standard InChI is InChI=1S/C11H8Cl2N2O2/c1-15-11(17)8(5-14-15)10(16)7-3-2-6(12)4-9(7)13/h2-5,14H,1H3. The van der Waals surface area contributed by atoms with Crippen LogP contribution in [0.5, 0.6) is 0 Å². The van der Waals surface area contributed by atoms with Gasteiger partial charge in [0.05, 0.1) is 5.02 Å². The van der Waals surface area contributed by atoms with Crippen LogP contribution in [0.4, 0.5) is 0 Å². The second-order valence-electron chi connectivity index (χ2n) is 3.50. The molecule has 0 saturated carbocycles. The summed E-state index contributed by atoms with van der Waals surface area (Å²) in [4.78, 5) is 23.7. The van der Waals surface area contributed by atoms with Crippen LogP contribution in [0, 0.1) is 0 Å². The molecular weight excluding hydrogens is 263 g/mol. The highest BCUT2D eigenvalue weighted by Crippen LogP contribution is 2.22. The van der Waals surface area contributed by atoms with Crippen molar-refractivity contribution < 1.29 is 4.79 Å². The van der Waals surface area contributed by atoms with Gasteiger partial charge in [-0.2, -0.15) is 0 Å². The number of ketones is 1. The molecule has 1 aromatic carbocycles. The molecule has 1 aromatic heterocycles. The molecule has 0 atom stereocenters. The lowest BCUT2D eigenvalue weighted by molar-refractivity contribution is 0.103. The van der Waals surface area contributed by atoms with E-state index in [1.165, 1.54) is 30.1 Å². The Morgan fingerprint density at radius 1 is 1.29 bits per heavy atom. The van der Waals surface area contributed by atoms with E-state index in [4.69, 9.17) is 23.2 Å². The van der Waals surface area contributed by atoms with Crippen LogP contribution < -0.4 is 5.56 Å². The summed E-state index contributed by atoms with van der Waals surface area (Å²) in [7, 11) is 1.53. The van der Waals surface area contributed by atoms with E-state index in [9.17, 15) is 9.59 Å². The Hall–Kier alpha value is -1.52. The quantitative estimate of drug-likeness (QED) is 0.852. The zero-order chi connectivity index (χ0) is 12.6. The largest absolute Gasteiger partial charge is 0.302 e. The Labute approximate surface area is 107 Å². The fourth-order valence-corrected chi connectivity index (χ4v) is 1.94. The first kappa shape index (κ1) is 12.0. The summed E-state index contributed by atoms with van der Waals surface area (Å²) in [5.41, 5.74) is -0.0782. The summed E-state index contributed by atoms with van der Waals surface area (Å²) >= 11 is 11.6. The van der Waals surface area contributed by atoms with E-state index in [0.29, 0.717) is 5.02 Å². The number of aromatic amines is 1. The first-order valence-corrected chi connectivity index (χ1v) is 5.50. The maximum Gasteiger partial charge on any atom is 0.277 e. The van der Waals surface area contributed by atoms with E-state index in [0.717, 1.165) is 0 Å². The number of rotatable bonds is 2. The molecule has 0 radical (unpaired) electrons. The minimum absolute atomic E-state index is 0.0525. The maximum absolute atomic E-state index is 12.1. The molecule has 4 nitrogen and oxygen atoms in total. The Kier molecular flexibility index (Phi) is 3.09. The average Bonchev–Trinajstić information content (AvgIpc) is 2.59. The summed E-state index contributed by atoms with van der Waals surface area (Å²) in [6.07, 6.45) is 1.36. The number of nitrogens with zero attached hydrogens (tertiary/aromatic N) is 1. The number of carbonyl (C=O) groups excluding carboxylic acids is 1. The van der Waals surface area contributed by atoms with E-state index in [1.54, 1.807) is 6.07 Å². The van der Waals surface area contributed by atoms with Crippen LogP contribution in [-0.2, 0) is 7.05 Å². The number of benzene rings is 1. The van der Waals surface area contributed by atoms with Gasteiger partial charge in [-0.15, -0.1) is 0 Å². The molecule has 6 heteroatoms. The van der Waals surface area contributed by atoms with Crippen molar-refractivity contribution in [2.75, 3.05) is 0 Å². The molecule has 0 spiro atoms. The number of aryl methyl sites for hydroxylation is 1. The summed E-state index contributed by atoms with van der Waals surface area (Å²) in [6.45, 7) is 0. The topological polar surface area (TPSA) is 54.9 Å². The van der Waals surface area contributed by atoms with Crippen molar-refractivity contribution in [1.29, 1.82) is 0 Å². The fourth-order valence-electron chi connectivity index (χ4n) is 1.44. The highest BCUT2D eigenvalue weighted by atomic mass is 35.5. The smallest absolute Gasteiger partial charge is 0.277 e. The van der Waals surface area contributed by atoms with E-state index in [1.807, 2.05) is 0 Å². The van der Waals surface area contributed by atoms with E-state index in [2.05, 4.69) is 5.10 Å². The number of carbonyl (C=O) groups is 1. The predicted octanol–water partition coefficient (Wildman–Crippen LogP) is 2.25. The molecular formula is C11H8Cl2N2O2. The molecule has 2 rings (SSSR count). The molecule has 0 aliphatic heterocycles. The first-order valence-electron chi connectivity index (χ1n) is 4.75. The third kappa shape index (κ3) is 2.14. The van der Waals surface area contributed by atoms with Crippen LogP contribution >= 0.6 is 23.2 Å². The molecule has 0 amide bonds. The lowest BCUT2D eigenvalue weighted by Crippen LogP contribution is -2.19. The van der Waals surface area contributed by atoms with Gasteiger partial charge in [0.25, 0.3) is 5.56 Å². The summed E-state index contributed by atoms with van der Waals surface area (Å²) < 4.78 is 1.22. The lowest BCUT2D eigenvalue weighted by Gasteiger charge is -2.01. The monoisotopic (exact) mass is 270 g/mol. The minimum Gasteiger partial charge on any atom is -0.302 e. The highest BCUT2D eigenvalue weighted by molar-refractivity contribution is 6.37. The van der Waals surface area contributed by atoms with Crippen molar-refractivity contribution >= 4 is 29.0 Å². The first-order chi connectivity index (χ1) is 8.00. The molecule has 0 aliphatic carbocycles. The van der Waals surface area contributed by atoms with Gasteiger partial charge in [0.15, 0.2) is 0 Å². The van der Waals surface area contributed by atoms with Gasteiger partial charge in [-0.1, -0.05) is 23.2 Å². The van der Waals surface area contributed by atoms with Crippen molar-refractivity contribution in [1.82, 2.24) is 9.78 Å².